The van der Waals surface area contributed by atoms with E-state index in [2.05, 4.69) is 4.74 Å². The Bertz CT molecular complexity index is 306. The number of Topliss-reactive ketones (excluding diaryl/α,β-unsaturated/α-hetero) is 2. The smallest absolute Gasteiger partial charge is 0.374 e. The Morgan fingerprint density at radius 2 is 1.62 bits per heavy atom. The van der Waals surface area contributed by atoms with Gasteiger partial charge in [-0.2, -0.15) is 0 Å². The van der Waals surface area contributed by atoms with Crippen molar-refractivity contribution in [3.63, 3.8) is 0 Å². The van der Waals surface area contributed by atoms with Gasteiger partial charge in [0.1, 0.15) is 0 Å². The predicted molar refractivity (Wildman–Crippen MR) is 52.7 cm³/mol. The molecule has 0 bridgehead atoms. The normalized spacial score (nSPS) is 11.6. The standard InChI is InChI=1S/C10H14O6/c1-3-16-10(15)8(12)5-6(2)4-7(11)9(13)14/h6H,3-5H2,1-2H3,(H,13,14). The number of aliphatic carboxylic acids is 1. The molecule has 0 aromatic heterocycles. The highest BCUT2D eigenvalue weighted by Crippen LogP contribution is 2.09. The first-order chi connectivity index (χ1) is 7.38. The van der Waals surface area contributed by atoms with E-state index in [1.807, 2.05) is 0 Å². The number of ketones is 2. The van der Waals surface area contributed by atoms with Crippen LogP contribution in [0, 0.1) is 5.92 Å². The number of ether oxygens (including phenoxy) is 1. The maximum atomic E-state index is 11.2. The van der Waals surface area contributed by atoms with E-state index >= 15 is 0 Å². The van der Waals surface area contributed by atoms with Crippen LogP contribution in [0.4, 0.5) is 0 Å². The first-order valence-corrected chi connectivity index (χ1v) is 4.84. The molecule has 90 valence electrons. The molecule has 0 aliphatic rings. The minimum atomic E-state index is -1.53. The Hall–Kier alpha value is -1.72. The summed E-state index contributed by atoms with van der Waals surface area (Å²) in [5.74, 6) is -4.68. The zero-order valence-electron chi connectivity index (χ0n) is 9.19. The van der Waals surface area contributed by atoms with Gasteiger partial charge in [-0.05, 0) is 12.8 Å². The zero-order valence-corrected chi connectivity index (χ0v) is 9.19. The van der Waals surface area contributed by atoms with Crippen LogP contribution in [0.3, 0.4) is 0 Å². The third kappa shape index (κ3) is 5.23. The Morgan fingerprint density at radius 1 is 1.12 bits per heavy atom. The minimum absolute atomic E-state index is 0.104. The molecular formula is C10H14O6. The Kier molecular flexibility index (Phi) is 5.99. The quantitative estimate of drug-likeness (QED) is 0.495. The molecule has 0 aliphatic heterocycles. The molecule has 0 heterocycles. The first-order valence-electron chi connectivity index (χ1n) is 4.84. The van der Waals surface area contributed by atoms with E-state index in [-0.39, 0.29) is 19.4 Å². The molecule has 1 atom stereocenters. The van der Waals surface area contributed by atoms with Crippen LogP contribution in [-0.4, -0.2) is 35.2 Å². The van der Waals surface area contributed by atoms with Crippen molar-refractivity contribution in [3.05, 3.63) is 0 Å². The lowest BCUT2D eigenvalue weighted by Crippen LogP contribution is -2.22. The minimum Gasteiger partial charge on any atom is -0.476 e. The second-order valence-corrected chi connectivity index (χ2v) is 3.39. The summed E-state index contributed by atoms with van der Waals surface area (Å²) in [6.07, 6.45) is -0.446. The van der Waals surface area contributed by atoms with Crippen molar-refractivity contribution in [2.45, 2.75) is 26.7 Å². The largest absolute Gasteiger partial charge is 0.476 e. The second kappa shape index (κ2) is 6.71. The van der Waals surface area contributed by atoms with E-state index in [1.54, 1.807) is 6.92 Å². The van der Waals surface area contributed by atoms with Crippen molar-refractivity contribution in [1.82, 2.24) is 0 Å². The van der Waals surface area contributed by atoms with Gasteiger partial charge in [0.2, 0.25) is 11.6 Å². The number of esters is 1. The highest BCUT2D eigenvalue weighted by molar-refractivity contribution is 6.34. The van der Waals surface area contributed by atoms with Crippen molar-refractivity contribution >= 4 is 23.5 Å². The fraction of sp³-hybridized carbons (Fsp3) is 0.600. The summed E-state index contributed by atoms with van der Waals surface area (Å²) in [5.41, 5.74) is 0. The van der Waals surface area contributed by atoms with Gasteiger partial charge in [0.25, 0.3) is 0 Å². The van der Waals surface area contributed by atoms with Crippen LogP contribution in [0.25, 0.3) is 0 Å². The molecule has 0 aromatic carbocycles. The van der Waals surface area contributed by atoms with Crippen LogP contribution in [0.1, 0.15) is 26.7 Å². The van der Waals surface area contributed by atoms with Gasteiger partial charge in [-0.3, -0.25) is 9.59 Å². The van der Waals surface area contributed by atoms with Crippen LogP contribution in [0.2, 0.25) is 0 Å². The summed E-state index contributed by atoms with van der Waals surface area (Å²) in [6, 6.07) is 0. The maximum Gasteiger partial charge on any atom is 0.374 e. The summed E-state index contributed by atoms with van der Waals surface area (Å²) in [4.78, 5) is 43.1. The third-order valence-electron chi connectivity index (χ3n) is 1.81. The number of carboxylic acids is 1. The van der Waals surface area contributed by atoms with Gasteiger partial charge < -0.3 is 9.84 Å². The van der Waals surface area contributed by atoms with E-state index in [9.17, 15) is 19.2 Å². The Balaban J connectivity index is 4.10. The topological polar surface area (TPSA) is 97.7 Å². The maximum absolute atomic E-state index is 11.2. The van der Waals surface area contributed by atoms with E-state index in [0.29, 0.717) is 0 Å². The molecule has 0 fully saturated rings. The SMILES string of the molecule is CCOC(=O)C(=O)CC(C)CC(=O)C(=O)O. The number of carbonyl (C=O) groups is 4. The number of rotatable bonds is 7. The fourth-order valence-electron chi connectivity index (χ4n) is 1.09. The number of carboxylic acid groups (broad SMARTS) is 1. The van der Waals surface area contributed by atoms with Gasteiger partial charge in [-0.25, -0.2) is 9.59 Å². The number of hydrogen-bond acceptors (Lipinski definition) is 5. The molecule has 0 aliphatic carbocycles. The average Bonchev–Trinajstić information content (AvgIpc) is 2.17. The lowest BCUT2D eigenvalue weighted by molar-refractivity contribution is -0.154. The molecule has 0 radical (unpaired) electrons. The van der Waals surface area contributed by atoms with Gasteiger partial charge in [0.05, 0.1) is 6.61 Å². The van der Waals surface area contributed by atoms with Crippen LogP contribution in [0.15, 0.2) is 0 Å². The van der Waals surface area contributed by atoms with Crippen LogP contribution in [-0.2, 0) is 23.9 Å². The zero-order chi connectivity index (χ0) is 12.7. The van der Waals surface area contributed by atoms with Crippen molar-refractivity contribution in [1.29, 1.82) is 0 Å². The van der Waals surface area contributed by atoms with Gasteiger partial charge in [-0.15, -0.1) is 0 Å². The molecule has 1 N–H and O–H groups in total. The van der Waals surface area contributed by atoms with E-state index < -0.39 is 29.4 Å². The summed E-state index contributed by atoms with van der Waals surface area (Å²) in [6.45, 7) is 3.20. The van der Waals surface area contributed by atoms with Crippen molar-refractivity contribution < 1.29 is 29.0 Å². The molecule has 0 saturated carbocycles. The molecule has 1 unspecified atom stereocenters. The monoisotopic (exact) mass is 230 g/mol. The van der Waals surface area contributed by atoms with E-state index in [1.165, 1.54) is 6.92 Å². The van der Waals surface area contributed by atoms with Crippen molar-refractivity contribution in [2.75, 3.05) is 6.61 Å². The molecule has 6 heteroatoms. The third-order valence-corrected chi connectivity index (χ3v) is 1.81. The lowest BCUT2D eigenvalue weighted by atomic mass is 9.98. The van der Waals surface area contributed by atoms with Gasteiger partial charge in [-0.1, -0.05) is 6.92 Å². The van der Waals surface area contributed by atoms with E-state index in [0.717, 1.165) is 0 Å². The Morgan fingerprint density at radius 3 is 2.06 bits per heavy atom. The first kappa shape index (κ1) is 14.3. The predicted octanol–water partition coefficient (Wildman–Crippen LogP) is 0.189. The van der Waals surface area contributed by atoms with Crippen LogP contribution in [0.5, 0.6) is 0 Å². The van der Waals surface area contributed by atoms with Crippen LogP contribution < -0.4 is 0 Å². The highest BCUT2D eigenvalue weighted by Gasteiger charge is 2.22. The van der Waals surface area contributed by atoms with Gasteiger partial charge >= 0.3 is 11.9 Å². The number of carbonyl (C=O) groups excluding carboxylic acids is 3. The Labute approximate surface area is 92.6 Å². The second-order valence-electron chi connectivity index (χ2n) is 3.39. The van der Waals surface area contributed by atoms with Gasteiger partial charge in [0.15, 0.2) is 0 Å². The molecule has 16 heavy (non-hydrogen) atoms. The summed E-state index contributed by atoms with van der Waals surface area (Å²) < 4.78 is 4.47. The molecule has 0 spiro atoms. The molecule has 0 aromatic rings. The summed E-state index contributed by atoms with van der Waals surface area (Å²) in [7, 11) is 0. The molecule has 0 amide bonds. The molecular weight excluding hydrogens is 216 g/mol. The molecule has 6 nitrogen and oxygen atoms in total. The van der Waals surface area contributed by atoms with Crippen molar-refractivity contribution in [2.24, 2.45) is 5.92 Å². The van der Waals surface area contributed by atoms with E-state index in [4.69, 9.17) is 5.11 Å². The average molecular weight is 230 g/mol. The summed E-state index contributed by atoms with van der Waals surface area (Å²) in [5, 5.41) is 8.33. The fourth-order valence-corrected chi connectivity index (χ4v) is 1.09. The molecule has 0 rings (SSSR count). The number of hydrogen-bond donors (Lipinski definition) is 1. The highest BCUT2D eigenvalue weighted by atomic mass is 16.5. The summed E-state index contributed by atoms with van der Waals surface area (Å²) >= 11 is 0. The van der Waals surface area contributed by atoms with Crippen LogP contribution >= 0.6 is 0 Å². The lowest BCUT2D eigenvalue weighted by Gasteiger charge is -2.07. The van der Waals surface area contributed by atoms with Crippen molar-refractivity contribution in [3.8, 4) is 0 Å². The molecule has 0 saturated heterocycles. The van der Waals surface area contributed by atoms with Gasteiger partial charge in [0, 0.05) is 12.8 Å².